The lowest BCUT2D eigenvalue weighted by molar-refractivity contribution is -0.143. The van der Waals surface area contributed by atoms with E-state index < -0.39 is 5.97 Å². The molecule has 92 valence electrons. The highest BCUT2D eigenvalue weighted by atomic mass is 16.4. The van der Waals surface area contributed by atoms with Gasteiger partial charge < -0.3 is 15.7 Å². The number of carbonyl (C=O) groups is 1. The predicted molar refractivity (Wildman–Crippen MR) is 64.2 cm³/mol. The van der Waals surface area contributed by atoms with Crippen LogP contribution in [0.15, 0.2) is 12.2 Å². The lowest BCUT2D eigenvalue weighted by atomic mass is 9.95. The van der Waals surface area contributed by atoms with Gasteiger partial charge in [-0.25, -0.2) is 0 Å². The first-order chi connectivity index (χ1) is 7.63. The van der Waals surface area contributed by atoms with Crippen molar-refractivity contribution in [3.63, 3.8) is 0 Å². The molecule has 3 N–H and O–H groups in total. The Bertz CT molecular complexity index is 253. The van der Waals surface area contributed by atoms with Crippen molar-refractivity contribution >= 4 is 5.97 Å². The lowest BCUT2D eigenvalue weighted by Crippen LogP contribution is -2.49. The second kappa shape index (κ2) is 6.66. The van der Waals surface area contributed by atoms with Gasteiger partial charge in [-0.05, 0) is 19.3 Å². The minimum atomic E-state index is -0.718. The van der Waals surface area contributed by atoms with Crippen LogP contribution >= 0.6 is 0 Å². The van der Waals surface area contributed by atoms with Gasteiger partial charge in [0.1, 0.15) is 0 Å². The van der Waals surface area contributed by atoms with Crippen LogP contribution in [-0.4, -0.2) is 41.7 Å². The van der Waals surface area contributed by atoms with Crippen LogP contribution in [0.25, 0.3) is 0 Å². The molecule has 1 saturated heterocycles. The van der Waals surface area contributed by atoms with E-state index in [2.05, 4.69) is 24.0 Å². The normalized spacial score (nSPS) is 27.4. The van der Waals surface area contributed by atoms with E-state index in [-0.39, 0.29) is 12.0 Å². The van der Waals surface area contributed by atoms with Crippen molar-refractivity contribution in [2.24, 2.45) is 11.7 Å². The molecule has 2 unspecified atom stereocenters. The Labute approximate surface area is 97.1 Å². The Balaban J connectivity index is 2.35. The molecule has 0 aromatic carbocycles. The van der Waals surface area contributed by atoms with Gasteiger partial charge in [0.05, 0.1) is 5.92 Å². The molecular formula is C12H22N2O2. The molecule has 1 heterocycles. The standard InChI is InChI=1S/C12H22N2O2/c1-2-3-4-5-6-14-8-10(12(15)16)7-11(13)9-14/h3-4,10-11H,2,5-9,13H2,1H3,(H,15,16)/b4-3+. The molecule has 1 fully saturated rings. The molecule has 16 heavy (non-hydrogen) atoms. The fourth-order valence-corrected chi connectivity index (χ4v) is 2.14. The first kappa shape index (κ1) is 13.2. The van der Waals surface area contributed by atoms with Gasteiger partial charge in [0.2, 0.25) is 0 Å². The van der Waals surface area contributed by atoms with Crippen molar-refractivity contribution in [1.29, 1.82) is 0 Å². The van der Waals surface area contributed by atoms with E-state index in [1.54, 1.807) is 0 Å². The molecule has 0 aromatic heterocycles. The smallest absolute Gasteiger partial charge is 0.307 e. The van der Waals surface area contributed by atoms with Gasteiger partial charge in [0.25, 0.3) is 0 Å². The highest BCUT2D eigenvalue weighted by Gasteiger charge is 2.29. The number of piperidine rings is 1. The fourth-order valence-electron chi connectivity index (χ4n) is 2.14. The van der Waals surface area contributed by atoms with Crippen molar-refractivity contribution in [3.8, 4) is 0 Å². The molecule has 0 saturated carbocycles. The molecule has 1 aliphatic rings. The number of hydrogen-bond acceptors (Lipinski definition) is 3. The average Bonchev–Trinajstić information content (AvgIpc) is 2.23. The third-order valence-electron chi connectivity index (χ3n) is 2.92. The Morgan fingerprint density at radius 3 is 2.88 bits per heavy atom. The first-order valence-corrected chi connectivity index (χ1v) is 5.99. The summed E-state index contributed by atoms with van der Waals surface area (Å²) in [7, 11) is 0. The van der Waals surface area contributed by atoms with Gasteiger partial charge in [0.15, 0.2) is 0 Å². The summed E-state index contributed by atoms with van der Waals surface area (Å²) in [6.07, 6.45) is 6.93. The van der Waals surface area contributed by atoms with Crippen LogP contribution in [0.5, 0.6) is 0 Å². The van der Waals surface area contributed by atoms with Crippen LogP contribution in [0.1, 0.15) is 26.2 Å². The quantitative estimate of drug-likeness (QED) is 0.688. The Hall–Kier alpha value is -0.870. The number of allylic oxidation sites excluding steroid dienone is 1. The van der Waals surface area contributed by atoms with Crippen molar-refractivity contribution in [1.82, 2.24) is 4.90 Å². The number of nitrogens with two attached hydrogens (primary N) is 1. The van der Waals surface area contributed by atoms with Gasteiger partial charge in [-0.3, -0.25) is 4.79 Å². The number of likely N-dealkylation sites (tertiary alicyclic amines) is 1. The summed E-state index contributed by atoms with van der Waals surface area (Å²) in [6, 6.07) is 0.00463. The Morgan fingerprint density at radius 1 is 1.50 bits per heavy atom. The average molecular weight is 226 g/mol. The van der Waals surface area contributed by atoms with Gasteiger partial charge >= 0.3 is 5.97 Å². The topological polar surface area (TPSA) is 66.6 Å². The third kappa shape index (κ3) is 4.33. The second-order valence-corrected chi connectivity index (χ2v) is 4.46. The summed E-state index contributed by atoms with van der Waals surface area (Å²) < 4.78 is 0. The minimum Gasteiger partial charge on any atom is -0.481 e. The third-order valence-corrected chi connectivity index (χ3v) is 2.92. The van der Waals surface area contributed by atoms with Crippen LogP contribution in [0.2, 0.25) is 0 Å². The molecule has 1 rings (SSSR count). The zero-order valence-corrected chi connectivity index (χ0v) is 9.93. The van der Waals surface area contributed by atoms with Crippen LogP contribution in [0.4, 0.5) is 0 Å². The molecule has 1 aliphatic heterocycles. The number of rotatable bonds is 5. The van der Waals surface area contributed by atoms with E-state index in [1.165, 1.54) is 0 Å². The Kier molecular flexibility index (Phi) is 5.49. The fraction of sp³-hybridized carbons (Fsp3) is 0.750. The number of carboxylic acid groups (broad SMARTS) is 1. The second-order valence-electron chi connectivity index (χ2n) is 4.46. The van der Waals surface area contributed by atoms with Crippen molar-refractivity contribution in [2.45, 2.75) is 32.2 Å². The zero-order valence-electron chi connectivity index (χ0n) is 9.93. The van der Waals surface area contributed by atoms with Gasteiger partial charge in [-0.2, -0.15) is 0 Å². The van der Waals surface area contributed by atoms with E-state index in [9.17, 15) is 4.79 Å². The molecular weight excluding hydrogens is 204 g/mol. The lowest BCUT2D eigenvalue weighted by Gasteiger charge is -2.34. The number of aliphatic carboxylic acids is 1. The highest BCUT2D eigenvalue weighted by Crippen LogP contribution is 2.16. The molecule has 4 nitrogen and oxygen atoms in total. The molecule has 0 aliphatic carbocycles. The predicted octanol–water partition coefficient (Wildman–Crippen LogP) is 1.08. The molecule has 0 spiro atoms. The van der Waals surface area contributed by atoms with E-state index in [1.807, 2.05) is 0 Å². The largest absolute Gasteiger partial charge is 0.481 e. The summed E-state index contributed by atoms with van der Waals surface area (Å²) in [4.78, 5) is 13.1. The van der Waals surface area contributed by atoms with Gasteiger partial charge in [0, 0.05) is 25.7 Å². The van der Waals surface area contributed by atoms with Crippen LogP contribution in [0.3, 0.4) is 0 Å². The SMILES string of the molecule is CC/C=C/CCN1CC(N)CC(C(=O)O)C1. The summed E-state index contributed by atoms with van der Waals surface area (Å²) in [5.41, 5.74) is 5.86. The van der Waals surface area contributed by atoms with Crippen molar-refractivity contribution in [3.05, 3.63) is 12.2 Å². The van der Waals surface area contributed by atoms with Crippen LogP contribution < -0.4 is 5.73 Å². The number of hydrogen-bond donors (Lipinski definition) is 2. The maximum absolute atomic E-state index is 10.9. The monoisotopic (exact) mass is 226 g/mol. The number of carboxylic acids is 1. The van der Waals surface area contributed by atoms with Crippen LogP contribution in [-0.2, 0) is 4.79 Å². The van der Waals surface area contributed by atoms with E-state index in [0.29, 0.717) is 13.0 Å². The highest BCUT2D eigenvalue weighted by molar-refractivity contribution is 5.70. The van der Waals surface area contributed by atoms with E-state index in [4.69, 9.17) is 10.8 Å². The van der Waals surface area contributed by atoms with Crippen molar-refractivity contribution < 1.29 is 9.90 Å². The summed E-state index contributed by atoms with van der Waals surface area (Å²) in [5, 5.41) is 8.99. The minimum absolute atomic E-state index is 0.00463. The molecule has 0 aromatic rings. The summed E-state index contributed by atoms with van der Waals surface area (Å²) in [5.74, 6) is -1.01. The molecule has 0 bridgehead atoms. The molecule has 0 radical (unpaired) electrons. The van der Waals surface area contributed by atoms with Gasteiger partial charge in [-0.15, -0.1) is 0 Å². The van der Waals surface area contributed by atoms with Crippen molar-refractivity contribution in [2.75, 3.05) is 19.6 Å². The van der Waals surface area contributed by atoms with E-state index in [0.717, 1.165) is 25.9 Å². The maximum atomic E-state index is 10.9. The van der Waals surface area contributed by atoms with Gasteiger partial charge in [-0.1, -0.05) is 19.1 Å². The molecule has 0 amide bonds. The Morgan fingerprint density at radius 2 is 2.25 bits per heavy atom. The van der Waals surface area contributed by atoms with Crippen LogP contribution in [0, 0.1) is 5.92 Å². The van der Waals surface area contributed by atoms with E-state index >= 15 is 0 Å². The molecule has 4 heteroatoms. The molecule has 2 atom stereocenters. The zero-order chi connectivity index (χ0) is 12.0. The maximum Gasteiger partial charge on any atom is 0.307 e. The first-order valence-electron chi connectivity index (χ1n) is 5.99. The summed E-state index contributed by atoms with van der Waals surface area (Å²) >= 11 is 0. The summed E-state index contributed by atoms with van der Waals surface area (Å²) in [6.45, 7) is 4.48. The number of nitrogens with zero attached hydrogens (tertiary/aromatic N) is 1.